The third-order valence-electron chi connectivity index (χ3n) is 3.61. The second-order valence-electron chi connectivity index (χ2n) is 5.10. The summed E-state index contributed by atoms with van der Waals surface area (Å²) in [7, 11) is 0. The van der Waals surface area contributed by atoms with Crippen LogP contribution >= 0.6 is 0 Å². The molecule has 1 aliphatic heterocycles. The number of nitrogens with zero attached hydrogens (tertiary/aromatic N) is 1. The van der Waals surface area contributed by atoms with Gasteiger partial charge in [-0.05, 0) is 18.6 Å². The molecule has 4 N–H and O–H groups in total. The molecule has 110 valence electrons. The molecule has 1 aromatic rings. The van der Waals surface area contributed by atoms with Gasteiger partial charge in [0, 0.05) is 24.8 Å². The SMILES string of the molecule is CC1COC(CO)CN1Cc1cccc(N)c1C(=O)O. The van der Waals surface area contributed by atoms with Crippen molar-refractivity contribution in [3.63, 3.8) is 0 Å². The van der Waals surface area contributed by atoms with E-state index in [1.165, 1.54) is 0 Å². The summed E-state index contributed by atoms with van der Waals surface area (Å²) >= 11 is 0. The topological polar surface area (TPSA) is 96.0 Å². The maximum Gasteiger partial charge on any atom is 0.338 e. The van der Waals surface area contributed by atoms with Gasteiger partial charge in [-0.15, -0.1) is 0 Å². The lowest BCUT2D eigenvalue weighted by Gasteiger charge is -2.37. The van der Waals surface area contributed by atoms with E-state index in [0.717, 1.165) is 0 Å². The first kappa shape index (κ1) is 14.8. The lowest BCUT2D eigenvalue weighted by molar-refractivity contribution is -0.0805. The van der Waals surface area contributed by atoms with Crippen LogP contribution < -0.4 is 5.73 Å². The molecule has 1 heterocycles. The lowest BCUT2D eigenvalue weighted by Crippen LogP contribution is -2.49. The second-order valence-corrected chi connectivity index (χ2v) is 5.10. The molecule has 2 atom stereocenters. The summed E-state index contributed by atoms with van der Waals surface area (Å²) in [6, 6.07) is 5.29. The Morgan fingerprint density at radius 1 is 1.55 bits per heavy atom. The third-order valence-corrected chi connectivity index (χ3v) is 3.61. The molecule has 6 nitrogen and oxygen atoms in total. The molecular formula is C14H20N2O4. The Bertz CT molecular complexity index is 492. The maximum absolute atomic E-state index is 11.3. The second kappa shape index (κ2) is 6.21. The molecule has 1 saturated heterocycles. The number of carbonyl (C=O) groups is 1. The van der Waals surface area contributed by atoms with Crippen LogP contribution in [0.3, 0.4) is 0 Å². The number of hydrogen-bond acceptors (Lipinski definition) is 5. The summed E-state index contributed by atoms with van der Waals surface area (Å²) in [5, 5.41) is 18.5. The molecule has 0 saturated carbocycles. The molecule has 20 heavy (non-hydrogen) atoms. The molecule has 1 aromatic carbocycles. The van der Waals surface area contributed by atoms with Gasteiger partial charge < -0.3 is 20.7 Å². The van der Waals surface area contributed by atoms with Crippen molar-refractivity contribution in [3.05, 3.63) is 29.3 Å². The van der Waals surface area contributed by atoms with Crippen molar-refractivity contribution in [2.45, 2.75) is 25.6 Å². The highest BCUT2D eigenvalue weighted by atomic mass is 16.5. The number of rotatable bonds is 4. The maximum atomic E-state index is 11.3. The van der Waals surface area contributed by atoms with Gasteiger partial charge in [-0.3, -0.25) is 4.90 Å². The Morgan fingerprint density at radius 3 is 2.95 bits per heavy atom. The van der Waals surface area contributed by atoms with Crippen LogP contribution in [0.2, 0.25) is 0 Å². The number of aliphatic hydroxyl groups is 1. The van der Waals surface area contributed by atoms with E-state index >= 15 is 0 Å². The first-order valence-electron chi connectivity index (χ1n) is 6.60. The molecule has 0 radical (unpaired) electrons. The van der Waals surface area contributed by atoms with Crippen molar-refractivity contribution in [2.24, 2.45) is 0 Å². The van der Waals surface area contributed by atoms with Crippen LogP contribution in [0.15, 0.2) is 18.2 Å². The number of morpholine rings is 1. The smallest absolute Gasteiger partial charge is 0.338 e. The summed E-state index contributed by atoms with van der Waals surface area (Å²) in [6.45, 7) is 3.56. The summed E-state index contributed by atoms with van der Waals surface area (Å²) in [4.78, 5) is 13.4. The van der Waals surface area contributed by atoms with Gasteiger partial charge in [0.2, 0.25) is 0 Å². The van der Waals surface area contributed by atoms with Crippen LogP contribution in [0.4, 0.5) is 5.69 Å². The molecule has 2 rings (SSSR count). The molecular weight excluding hydrogens is 260 g/mol. The number of hydrogen-bond donors (Lipinski definition) is 3. The molecule has 1 aliphatic rings. The van der Waals surface area contributed by atoms with Crippen LogP contribution in [-0.4, -0.2) is 53.0 Å². The van der Waals surface area contributed by atoms with Gasteiger partial charge in [-0.1, -0.05) is 12.1 Å². The minimum absolute atomic E-state index is 0.0358. The van der Waals surface area contributed by atoms with Gasteiger partial charge in [0.15, 0.2) is 0 Å². The predicted molar refractivity (Wildman–Crippen MR) is 74.5 cm³/mol. The molecule has 1 fully saturated rings. The first-order chi connectivity index (χ1) is 9.52. The zero-order chi connectivity index (χ0) is 14.7. The zero-order valence-corrected chi connectivity index (χ0v) is 11.5. The number of carboxylic acid groups (broad SMARTS) is 1. The Hall–Kier alpha value is -1.63. The quantitative estimate of drug-likeness (QED) is 0.697. The van der Waals surface area contributed by atoms with E-state index in [2.05, 4.69) is 4.90 Å². The van der Waals surface area contributed by atoms with Gasteiger partial charge in [0.1, 0.15) is 0 Å². The van der Waals surface area contributed by atoms with E-state index in [1.54, 1.807) is 18.2 Å². The largest absolute Gasteiger partial charge is 0.478 e. The average molecular weight is 280 g/mol. The Balaban J connectivity index is 2.20. The standard InChI is InChI=1S/C14H20N2O4/c1-9-8-20-11(7-17)6-16(9)5-10-3-2-4-12(15)13(10)14(18)19/h2-4,9,11,17H,5-8,15H2,1H3,(H,18,19). The van der Waals surface area contributed by atoms with Crippen molar-refractivity contribution in [1.29, 1.82) is 0 Å². The van der Waals surface area contributed by atoms with E-state index in [4.69, 9.17) is 10.5 Å². The fraction of sp³-hybridized carbons (Fsp3) is 0.500. The van der Waals surface area contributed by atoms with Crippen LogP contribution in [0.25, 0.3) is 0 Å². The number of benzene rings is 1. The predicted octanol–water partition coefficient (Wildman–Crippen LogP) is 0.549. The zero-order valence-electron chi connectivity index (χ0n) is 11.5. The third kappa shape index (κ3) is 3.09. The van der Waals surface area contributed by atoms with E-state index in [1.807, 2.05) is 6.92 Å². The highest BCUT2D eigenvalue weighted by Gasteiger charge is 2.27. The van der Waals surface area contributed by atoms with Crippen molar-refractivity contribution < 1.29 is 19.7 Å². The van der Waals surface area contributed by atoms with Crippen molar-refractivity contribution in [2.75, 3.05) is 25.5 Å². The van der Waals surface area contributed by atoms with Crippen LogP contribution in [0, 0.1) is 0 Å². The Labute approximate surface area is 117 Å². The molecule has 0 bridgehead atoms. The molecule has 0 aliphatic carbocycles. The highest BCUT2D eigenvalue weighted by molar-refractivity contribution is 5.95. The summed E-state index contributed by atoms with van der Waals surface area (Å²) in [6.07, 6.45) is -0.222. The van der Waals surface area contributed by atoms with Crippen LogP contribution in [0.5, 0.6) is 0 Å². The Kier molecular flexibility index (Phi) is 4.59. The number of nitrogens with two attached hydrogens (primary N) is 1. The van der Waals surface area contributed by atoms with Crippen molar-refractivity contribution in [3.8, 4) is 0 Å². The number of anilines is 1. The first-order valence-corrected chi connectivity index (χ1v) is 6.60. The molecule has 0 amide bonds. The fourth-order valence-electron chi connectivity index (χ4n) is 2.44. The summed E-state index contributed by atoms with van der Waals surface area (Å²) < 4.78 is 5.48. The molecule has 0 aromatic heterocycles. The molecule has 2 unspecified atom stereocenters. The minimum atomic E-state index is -1.02. The number of carboxylic acids is 1. The van der Waals surface area contributed by atoms with Gasteiger partial charge in [0.25, 0.3) is 0 Å². The fourth-order valence-corrected chi connectivity index (χ4v) is 2.44. The van der Waals surface area contributed by atoms with Gasteiger partial charge >= 0.3 is 5.97 Å². The van der Waals surface area contributed by atoms with Crippen molar-refractivity contribution in [1.82, 2.24) is 4.90 Å². The van der Waals surface area contributed by atoms with E-state index < -0.39 is 5.97 Å². The number of ether oxygens (including phenoxy) is 1. The van der Waals surface area contributed by atoms with Crippen LogP contribution in [0.1, 0.15) is 22.8 Å². The van der Waals surface area contributed by atoms with Crippen molar-refractivity contribution >= 4 is 11.7 Å². The Morgan fingerprint density at radius 2 is 2.30 bits per heavy atom. The van der Waals surface area contributed by atoms with Gasteiger partial charge in [-0.25, -0.2) is 4.79 Å². The van der Waals surface area contributed by atoms with E-state index in [-0.39, 0.29) is 30.0 Å². The number of aromatic carboxylic acids is 1. The number of aliphatic hydroxyl groups excluding tert-OH is 1. The number of nitrogen functional groups attached to an aromatic ring is 1. The van der Waals surface area contributed by atoms with E-state index in [0.29, 0.717) is 25.3 Å². The normalized spacial score (nSPS) is 23.7. The van der Waals surface area contributed by atoms with Gasteiger partial charge in [-0.2, -0.15) is 0 Å². The molecule has 0 spiro atoms. The summed E-state index contributed by atoms with van der Waals surface area (Å²) in [5.74, 6) is -1.02. The van der Waals surface area contributed by atoms with Crippen LogP contribution in [-0.2, 0) is 11.3 Å². The highest BCUT2D eigenvalue weighted by Crippen LogP contribution is 2.21. The minimum Gasteiger partial charge on any atom is -0.478 e. The summed E-state index contributed by atoms with van der Waals surface area (Å²) in [5.41, 5.74) is 6.87. The molecule has 6 heteroatoms. The monoisotopic (exact) mass is 280 g/mol. The lowest BCUT2D eigenvalue weighted by atomic mass is 10.0. The van der Waals surface area contributed by atoms with Gasteiger partial charge in [0.05, 0.1) is 24.9 Å². The van der Waals surface area contributed by atoms with E-state index in [9.17, 15) is 15.0 Å². The average Bonchev–Trinajstić information content (AvgIpc) is 2.41.